The van der Waals surface area contributed by atoms with Crippen LogP contribution in [0.25, 0.3) is 0 Å². The van der Waals surface area contributed by atoms with Crippen LogP contribution >= 0.6 is 11.6 Å². The standard InChI is InChI=1S/C16H18ClN5O2/c1-24-14-13(17)8-19-16(21-14)20-12-5-6-22(9-12)15(23)10-3-2-4-11(18)7-10/h2-4,7-8,12H,5-6,9,18H2,1H3,(H,19,20,21)/t12-/m1/s1/i1D3. The molecule has 2 heterocycles. The van der Waals surface area contributed by atoms with Crippen molar-refractivity contribution in [3.8, 4) is 5.88 Å². The monoisotopic (exact) mass is 350 g/mol. The Balaban J connectivity index is 1.64. The molecule has 3 rings (SSSR count). The van der Waals surface area contributed by atoms with Gasteiger partial charge in [-0.15, -0.1) is 0 Å². The number of rotatable bonds is 4. The zero-order valence-electron chi connectivity index (χ0n) is 15.7. The number of amides is 1. The van der Waals surface area contributed by atoms with Crippen LogP contribution < -0.4 is 15.8 Å². The number of nitrogens with two attached hydrogens (primary N) is 1. The van der Waals surface area contributed by atoms with Crippen molar-refractivity contribution < 1.29 is 13.6 Å². The van der Waals surface area contributed by atoms with Gasteiger partial charge in [0.05, 0.1) is 17.3 Å². The van der Waals surface area contributed by atoms with Crippen molar-refractivity contribution in [2.75, 3.05) is 31.2 Å². The molecule has 1 aromatic carbocycles. The molecule has 7 nitrogen and oxygen atoms in total. The van der Waals surface area contributed by atoms with Gasteiger partial charge in [-0.3, -0.25) is 4.79 Å². The SMILES string of the molecule is [2H]C([2H])([2H])Oc1nc(N[C@@H]2CCN(C(=O)c3cccc(N)c3)C2)ncc1Cl. The zero-order valence-corrected chi connectivity index (χ0v) is 13.5. The Labute approximate surface area is 149 Å². The van der Waals surface area contributed by atoms with Crippen molar-refractivity contribution in [3.05, 3.63) is 41.0 Å². The van der Waals surface area contributed by atoms with Crippen LogP contribution in [-0.4, -0.2) is 46.9 Å². The topological polar surface area (TPSA) is 93.4 Å². The van der Waals surface area contributed by atoms with Crippen LogP contribution in [0.5, 0.6) is 5.88 Å². The third-order valence-electron chi connectivity index (χ3n) is 3.75. The van der Waals surface area contributed by atoms with Gasteiger partial charge in [0, 0.05) is 30.4 Å². The Morgan fingerprint density at radius 3 is 3.25 bits per heavy atom. The second-order valence-electron chi connectivity index (χ2n) is 5.46. The van der Waals surface area contributed by atoms with E-state index >= 15 is 0 Å². The average molecular weight is 351 g/mol. The molecular formula is C16H18ClN5O2. The van der Waals surface area contributed by atoms with Crippen molar-refractivity contribution in [3.63, 3.8) is 0 Å². The fraction of sp³-hybridized carbons (Fsp3) is 0.312. The lowest BCUT2D eigenvalue weighted by atomic mass is 10.2. The smallest absolute Gasteiger partial charge is 0.254 e. The molecule has 1 aliphatic rings. The molecule has 0 bridgehead atoms. The molecule has 1 aromatic heterocycles. The van der Waals surface area contributed by atoms with E-state index in [0.29, 0.717) is 30.8 Å². The molecule has 0 saturated carbocycles. The molecule has 1 amide bonds. The van der Waals surface area contributed by atoms with Crippen LogP contribution in [-0.2, 0) is 0 Å². The number of anilines is 2. The number of nitrogen functional groups attached to an aromatic ring is 1. The minimum Gasteiger partial charge on any atom is -0.480 e. The lowest BCUT2D eigenvalue weighted by Crippen LogP contribution is -2.31. The number of benzene rings is 1. The molecule has 8 heteroatoms. The number of hydrogen-bond acceptors (Lipinski definition) is 6. The highest BCUT2D eigenvalue weighted by molar-refractivity contribution is 6.31. The molecule has 1 saturated heterocycles. The number of nitrogens with zero attached hydrogens (tertiary/aromatic N) is 3. The van der Waals surface area contributed by atoms with Gasteiger partial charge in [-0.05, 0) is 24.6 Å². The third-order valence-corrected chi connectivity index (χ3v) is 4.01. The van der Waals surface area contributed by atoms with Crippen molar-refractivity contribution in [2.45, 2.75) is 12.5 Å². The van der Waals surface area contributed by atoms with Gasteiger partial charge in [0.15, 0.2) is 0 Å². The van der Waals surface area contributed by atoms with E-state index in [9.17, 15) is 4.79 Å². The van der Waals surface area contributed by atoms with Crippen molar-refractivity contribution in [2.24, 2.45) is 0 Å². The van der Waals surface area contributed by atoms with E-state index in [-0.39, 0.29) is 28.8 Å². The summed E-state index contributed by atoms with van der Waals surface area (Å²) in [6, 6.07) is 6.74. The van der Waals surface area contributed by atoms with E-state index in [1.54, 1.807) is 29.2 Å². The van der Waals surface area contributed by atoms with Gasteiger partial charge in [0.2, 0.25) is 11.8 Å². The summed E-state index contributed by atoms with van der Waals surface area (Å²) in [6.45, 7) is 1.02. The number of carbonyl (C=O) groups is 1. The van der Waals surface area contributed by atoms with Gasteiger partial charge in [-0.1, -0.05) is 17.7 Å². The number of likely N-dealkylation sites (tertiary alicyclic amines) is 1. The molecule has 126 valence electrons. The second kappa shape index (κ2) is 6.92. The quantitative estimate of drug-likeness (QED) is 0.820. The Bertz CT molecular complexity index is 849. The Kier molecular flexibility index (Phi) is 3.70. The minimum absolute atomic E-state index is 0.00145. The summed E-state index contributed by atoms with van der Waals surface area (Å²) in [7, 11) is -2.66. The maximum Gasteiger partial charge on any atom is 0.254 e. The summed E-state index contributed by atoms with van der Waals surface area (Å²) in [4.78, 5) is 22.3. The van der Waals surface area contributed by atoms with E-state index in [2.05, 4.69) is 15.3 Å². The lowest BCUT2D eigenvalue weighted by molar-refractivity contribution is 0.0791. The maximum atomic E-state index is 12.6. The number of halogens is 1. The Morgan fingerprint density at radius 1 is 1.58 bits per heavy atom. The number of carbonyl (C=O) groups excluding carboxylic acids is 1. The molecule has 1 fully saturated rings. The highest BCUT2D eigenvalue weighted by atomic mass is 35.5. The van der Waals surface area contributed by atoms with E-state index in [1.165, 1.54) is 6.20 Å². The molecule has 0 spiro atoms. The van der Waals surface area contributed by atoms with Crippen LogP contribution in [0.15, 0.2) is 30.5 Å². The number of hydrogen-bond donors (Lipinski definition) is 2. The van der Waals surface area contributed by atoms with Crippen LogP contribution in [0.1, 0.15) is 20.9 Å². The number of aromatic nitrogens is 2. The van der Waals surface area contributed by atoms with Crippen LogP contribution in [0.4, 0.5) is 11.6 Å². The van der Waals surface area contributed by atoms with Crippen LogP contribution in [0.2, 0.25) is 5.02 Å². The predicted octanol–water partition coefficient (Wildman–Crippen LogP) is 2.05. The van der Waals surface area contributed by atoms with Gasteiger partial charge >= 0.3 is 0 Å². The Hall–Kier alpha value is -2.54. The minimum atomic E-state index is -2.66. The lowest BCUT2D eigenvalue weighted by Gasteiger charge is -2.17. The van der Waals surface area contributed by atoms with Crippen LogP contribution in [0, 0.1) is 0 Å². The van der Waals surface area contributed by atoms with E-state index in [1.807, 2.05) is 0 Å². The summed E-state index contributed by atoms with van der Waals surface area (Å²) in [5, 5.41) is 3.08. The van der Waals surface area contributed by atoms with Crippen LogP contribution in [0.3, 0.4) is 0 Å². The van der Waals surface area contributed by atoms with Gasteiger partial charge in [-0.25, -0.2) is 4.98 Å². The molecule has 3 N–H and O–H groups in total. The summed E-state index contributed by atoms with van der Waals surface area (Å²) in [5.74, 6) is -0.142. The van der Waals surface area contributed by atoms with Crippen molar-refractivity contribution in [1.29, 1.82) is 0 Å². The maximum absolute atomic E-state index is 12.6. The molecule has 1 aliphatic heterocycles. The summed E-state index contributed by atoms with van der Waals surface area (Å²) >= 11 is 5.87. The third kappa shape index (κ3) is 3.51. The summed E-state index contributed by atoms with van der Waals surface area (Å²) in [5.41, 5.74) is 6.80. The van der Waals surface area contributed by atoms with Gasteiger partial charge in [0.25, 0.3) is 5.91 Å². The molecular weight excluding hydrogens is 330 g/mol. The number of ether oxygens (including phenoxy) is 1. The molecule has 2 aromatic rings. The summed E-state index contributed by atoms with van der Waals surface area (Å²) < 4.78 is 26.2. The fourth-order valence-electron chi connectivity index (χ4n) is 2.59. The average Bonchev–Trinajstić information content (AvgIpc) is 3.04. The van der Waals surface area contributed by atoms with Crippen molar-refractivity contribution >= 4 is 29.1 Å². The van der Waals surface area contributed by atoms with Gasteiger partial charge in [-0.2, -0.15) is 4.98 Å². The normalized spacial score (nSPS) is 19.3. The molecule has 24 heavy (non-hydrogen) atoms. The van der Waals surface area contributed by atoms with E-state index in [0.717, 1.165) is 0 Å². The molecule has 0 unspecified atom stereocenters. The largest absolute Gasteiger partial charge is 0.480 e. The van der Waals surface area contributed by atoms with Gasteiger partial charge in [0.1, 0.15) is 5.02 Å². The first-order valence-corrected chi connectivity index (χ1v) is 7.72. The van der Waals surface area contributed by atoms with E-state index in [4.69, 9.17) is 26.2 Å². The first kappa shape index (κ1) is 12.8. The first-order valence-electron chi connectivity index (χ1n) is 8.84. The highest BCUT2D eigenvalue weighted by Gasteiger charge is 2.27. The molecule has 1 atom stereocenters. The molecule has 0 radical (unpaired) electrons. The number of methoxy groups -OCH3 is 1. The van der Waals surface area contributed by atoms with E-state index < -0.39 is 7.04 Å². The highest BCUT2D eigenvalue weighted by Crippen LogP contribution is 2.23. The summed E-state index contributed by atoms with van der Waals surface area (Å²) in [6.07, 6.45) is 1.96. The number of nitrogens with one attached hydrogen (secondary N) is 1. The second-order valence-corrected chi connectivity index (χ2v) is 5.86. The Morgan fingerprint density at radius 2 is 2.46 bits per heavy atom. The van der Waals surface area contributed by atoms with Crippen molar-refractivity contribution in [1.82, 2.24) is 14.9 Å². The predicted molar refractivity (Wildman–Crippen MR) is 92.4 cm³/mol. The van der Waals surface area contributed by atoms with Gasteiger partial charge < -0.3 is 20.7 Å². The first-order chi connectivity index (χ1) is 12.7. The molecule has 0 aliphatic carbocycles. The fourth-order valence-corrected chi connectivity index (χ4v) is 2.72. The zero-order chi connectivity index (χ0) is 19.6.